The van der Waals surface area contributed by atoms with Gasteiger partial charge in [-0.2, -0.15) is 0 Å². The van der Waals surface area contributed by atoms with E-state index in [9.17, 15) is 9.18 Å². The second-order valence-electron chi connectivity index (χ2n) is 5.70. The number of carbonyl (C=O) groups excluding carboxylic acids is 1. The molecule has 138 valence electrons. The zero-order valence-electron chi connectivity index (χ0n) is 14.6. The number of hydrogen-bond donors (Lipinski definition) is 2. The summed E-state index contributed by atoms with van der Waals surface area (Å²) in [5.74, 6) is 0.0389. The van der Waals surface area contributed by atoms with Gasteiger partial charge in [0.15, 0.2) is 0 Å². The van der Waals surface area contributed by atoms with Crippen LogP contribution in [0.5, 0.6) is 5.75 Å². The molecule has 1 heterocycles. The first-order valence-electron chi connectivity index (χ1n) is 7.96. The highest BCUT2D eigenvalue weighted by Crippen LogP contribution is 2.28. The third-order valence-corrected chi connectivity index (χ3v) is 3.98. The van der Waals surface area contributed by atoms with E-state index in [1.54, 1.807) is 7.11 Å². The Labute approximate surface area is 160 Å². The molecule has 6 nitrogen and oxygen atoms in total. The van der Waals surface area contributed by atoms with Crippen LogP contribution in [0.15, 0.2) is 48.8 Å². The summed E-state index contributed by atoms with van der Waals surface area (Å²) >= 11 is 5.73. The normalized spacial score (nSPS) is 10.4. The first-order valence-corrected chi connectivity index (χ1v) is 8.34. The van der Waals surface area contributed by atoms with Crippen molar-refractivity contribution in [2.75, 3.05) is 17.7 Å². The molecule has 0 aliphatic heterocycles. The van der Waals surface area contributed by atoms with Gasteiger partial charge in [-0.05, 0) is 42.8 Å². The molecule has 8 heteroatoms. The number of rotatable bonds is 5. The highest BCUT2D eigenvalue weighted by Gasteiger charge is 2.12. The predicted octanol–water partition coefficient (Wildman–Crippen LogP) is 4.58. The number of hydrogen-bond acceptors (Lipinski definition) is 5. The summed E-state index contributed by atoms with van der Waals surface area (Å²) in [5, 5.41) is 5.65. The molecule has 0 unspecified atom stereocenters. The fraction of sp³-hybridized carbons (Fsp3) is 0.105. The van der Waals surface area contributed by atoms with Crippen molar-refractivity contribution in [3.8, 4) is 5.75 Å². The minimum atomic E-state index is -0.560. The second-order valence-corrected chi connectivity index (χ2v) is 6.11. The SMILES string of the molecule is COc1ccc(C)cc1Nc1cc(C(=O)Nc2ccc(F)c(Cl)c2)ncn1. The van der Waals surface area contributed by atoms with Gasteiger partial charge in [-0.25, -0.2) is 14.4 Å². The van der Waals surface area contributed by atoms with Crippen LogP contribution in [0.3, 0.4) is 0 Å². The van der Waals surface area contributed by atoms with E-state index in [0.29, 0.717) is 22.9 Å². The smallest absolute Gasteiger partial charge is 0.274 e. The van der Waals surface area contributed by atoms with Crippen LogP contribution in [-0.4, -0.2) is 23.0 Å². The quantitative estimate of drug-likeness (QED) is 0.671. The zero-order chi connectivity index (χ0) is 19.4. The Morgan fingerprint density at radius 1 is 1.15 bits per heavy atom. The van der Waals surface area contributed by atoms with Crippen LogP contribution in [0.2, 0.25) is 5.02 Å². The molecule has 0 fully saturated rings. The highest BCUT2D eigenvalue weighted by atomic mass is 35.5. The van der Waals surface area contributed by atoms with Crippen molar-refractivity contribution in [2.45, 2.75) is 6.92 Å². The van der Waals surface area contributed by atoms with Crippen molar-refractivity contribution in [1.29, 1.82) is 0 Å². The number of anilines is 3. The monoisotopic (exact) mass is 386 g/mol. The summed E-state index contributed by atoms with van der Waals surface area (Å²) in [6.45, 7) is 1.96. The molecule has 0 radical (unpaired) electrons. The van der Waals surface area contributed by atoms with Gasteiger partial charge in [0.2, 0.25) is 0 Å². The van der Waals surface area contributed by atoms with Gasteiger partial charge in [-0.15, -0.1) is 0 Å². The Hall–Kier alpha value is -3.19. The number of amides is 1. The summed E-state index contributed by atoms with van der Waals surface area (Å²) < 4.78 is 18.5. The maximum absolute atomic E-state index is 13.2. The van der Waals surface area contributed by atoms with E-state index in [0.717, 1.165) is 5.56 Å². The summed E-state index contributed by atoms with van der Waals surface area (Å²) in [6.07, 6.45) is 1.27. The Kier molecular flexibility index (Phi) is 5.52. The number of aryl methyl sites for hydroxylation is 1. The molecule has 3 rings (SSSR count). The van der Waals surface area contributed by atoms with Gasteiger partial charge in [0.25, 0.3) is 5.91 Å². The molecule has 0 saturated carbocycles. The molecule has 1 amide bonds. The third-order valence-electron chi connectivity index (χ3n) is 3.69. The molecule has 0 aliphatic rings. The average molecular weight is 387 g/mol. The summed E-state index contributed by atoms with van der Waals surface area (Å²) in [6, 6.07) is 11.1. The Balaban J connectivity index is 1.80. The molecule has 27 heavy (non-hydrogen) atoms. The van der Waals surface area contributed by atoms with E-state index in [-0.39, 0.29) is 10.7 Å². The lowest BCUT2D eigenvalue weighted by Gasteiger charge is -2.12. The summed E-state index contributed by atoms with van der Waals surface area (Å²) in [4.78, 5) is 20.5. The summed E-state index contributed by atoms with van der Waals surface area (Å²) in [5.41, 5.74) is 2.26. The molecule has 0 saturated heterocycles. The zero-order valence-corrected chi connectivity index (χ0v) is 15.3. The van der Waals surface area contributed by atoms with Crippen LogP contribution in [0.4, 0.5) is 21.6 Å². The van der Waals surface area contributed by atoms with E-state index >= 15 is 0 Å². The first-order chi connectivity index (χ1) is 13.0. The van der Waals surface area contributed by atoms with E-state index in [2.05, 4.69) is 20.6 Å². The highest BCUT2D eigenvalue weighted by molar-refractivity contribution is 6.31. The number of aromatic nitrogens is 2. The summed E-state index contributed by atoms with van der Waals surface area (Å²) in [7, 11) is 1.57. The van der Waals surface area contributed by atoms with Gasteiger partial charge in [-0.1, -0.05) is 17.7 Å². The molecular formula is C19H16ClFN4O2. The van der Waals surface area contributed by atoms with Gasteiger partial charge < -0.3 is 15.4 Å². The minimum Gasteiger partial charge on any atom is -0.495 e. The van der Waals surface area contributed by atoms with Crippen LogP contribution >= 0.6 is 11.6 Å². The van der Waals surface area contributed by atoms with Gasteiger partial charge in [0, 0.05) is 11.8 Å². The van der Waals surface area contributed by atoms with E-state index in [1.165, 1.54) is 30.6 Å². The standard InChI is InChI=1S/C19H16ClFN4O2/c1-11-3-6-17(27-2)15(7-11)25-18-9-16(22-10-23-18)19(26)24-12-4-5-14(21)13(20)8-12/h3-10H,1-2H3,(H,24,26)(H,22,23,25). The van der Waals surface area contributed by atoms with Crippen LogP contribution < -0.4 is 15.4 Å². The van der Waals surface area contributed by atoms with E-state index < -0.39 is 11.7 Å². The van der Waals surface area contributed by atoms with Crippen LogP contribution in [-0.2, 0) is 0 Å². The number of benzene rings is 2. The second kappa shape index (κ2) is 8.01. The number of halogens is 2. The van der Waals surface area contributed by atoms with E-state index in [1.807, 2.05) is 25.1 Å². The topological polar surface area (TPSA) is 76.1 Å². The van der Waals surface area contributed by atoms with Gasteiger partial charge in [0.05, 0.1) is 17.8 Å². The maximum atomic E-state index is 13.2. The molecule has 0 aliphatic carbocycles. The fourth-order valence-electron chi connectivity index (χ4n) is 2.38. The molecular weight excluding hydrogens is 371 g/mol. The van der Waals surface area contributed by atoms with Crippen molar-refractivity contribution < 1.29 is 13.9 Å². The lowest BCUT2D eigenvalue weighted by Crippen LogP contribution is -2.14. The number of ether oxygens (including phenoxy) is 1. The van der Waals surface area contributed by atoms with Gasteiger partial charge >= 0.3 is 0 Å². The Morgan fingerprint density at radius 3 is 2.70 bits per heavy atom. The van der Waals surface area contributed by atoms with Gasteiger partial charge in [-0.3, -0.25) is 4.79 Å². The number of carbonyl (C=O) groups is 1. The van der Waals surface area contributed by atoms with Crippen molar-refractivity contribution in [3.05, 3.63) is 70.9 Å². The van der Waals surface area contributed by atoms with Crippen LogP contribution in [0, 0.1) is 12.7 Å². The van der Waals surface area contributed by atoms with E-state index in [4.69, 9.17) is 16.3 Å². The predicted molar refractivity (Wildman–Crippen MR) is 102 cm³/mol. The maximum Gasteiger partial charge on any atom is 0.274 e. The van der Waals surface area contributed by atoms with Crippen molar-refractivity contribution >= 4 is 34.7 Å². The molecule has 0 atom stereocenters. The number of nitrogens with zero attached hydrogens (tertiary/aromatic N) is 2. The first kappa shape index (κ1) is 18.6. The minimum absolute atomic E-state index is 0.0793. The molecule has 3 aromatic rings. The molecule has 2 N–H and O–H groups in total. The number of nitrogens with one attached hydrogen (secondary N) is 2. The molecule has 0 bridgehead atoms. The lowest BCUT2D eigenvalue weighted by molar-refractivity contribution is 0.102. The number of methoxy groups -OCH3 is 1. The largest absolute Gasteiger partial charge is 0.495 e. The van der Waals surface area contributed by atoms with Crippen molar-refractivity contribution in [3.63, 3.8) is 0 Å². The van der Waals surface area contributed by atoms with Crippen LogP contribution in [0.1, 0.15) is 16.1 Å². The van der Waals surface area contributed by atoms with Crippen molar-refractivity contribution in [2.24, 2.45) is 0 Å². The van der Waals surface area contributed by atoms with Gasteiger partial charge in [0.1, 0.15) is 29.4 Å². The molecule has 1 aromatic heterocycles. The lowest BCUT2D eigenvalue weighted by atomic mass is 10.2. The molecule has 2 aromatic carbocycles. The van der Waals surface area contributed by atoms with Crippen LogP contribution in [0.25, 0.3) is 0 Å². The molecule has 0 spiro atoms. The average Bonchev–Trinajstić information content (AvgIpc) is 2.65. The fourth-order valence-corrected chi connectivity index (χ4v) is 2.56. The Bertz CT molecular complexity index is 997. The third kappa shape index (κ3) is 4.51. The van der Waals surface area contributed by atoms with Crippen molar-refractivity contribution in [1.82, 2.24) is 9.97 Å². The Morgan fingerprint density at radius 2 is 1.96 bits per heavy atom.